The first-order valence-corrected chi connectivity index (χ1v) is 8.38. The Morgan fingerprint density at radius 3 is 2.43 bits per heavy atom. The van der Waals surface area contributed by atoms with Crippen molar-refractivity contribution in [2.45, 2.75) is 13.3 Å². The minimum Gasteiger partial charge on any atom is -0.486 e. The fraction of sp³-hybridized carbons (Fsp3) is 0.455. The third kappa shape index (κ3) is 5.66. The highest BCUT2D eigenvalue weighted by molar-refractivity contribution is 7.89. The number of ether oxygens (including phenoxy) is 1. The van der Waals surface area contributed by atoms with E-state index in [1.807, 2.05) is 0 Å². The van der Waals surface area contributed by atoms with Crippen molar-refractivity contribution in [2.24, 2.45) is 11.1 Å². The Bertz CT molecular complexity index is 636. The molecule has 0 aromatic heterocycles. The van der Waals surface area contributed by atoms with Gasteiger partial charge in [0.1, 0.15) is 0 Å². The van der Waals surface area contributed by atoms with E-state index in [0.717, 1.165) is 6.07 Å². The molecule has 0 aliphatic rings. The van der Waals surface area contributed by atoms with Gasteiger partial charge >= 0.3 is 5.69 Å². The number of sulfonamides is 1. The second-order valence-corrected chi connectivity index (χ2v) is 6.88. The summed E-state index contributed by atoms with van der Waals surface area (Å²) in [7, 11) is -3.64. The van der Waals surface area contributed by atoms with E-state index in [-0.39, 0.29) is 39.8 Å². The lowest BCUT2D eigenvalue weighted by Crippen LogP contribution is -2.26. The van der Waals surface area contributed by atoms with Crippen LogP contribution in [0.15, 0.2) is 12.1 Å². The predicted molar refractivity (Wildman–Crippen MR) is 80.4 cm³/mol. The summed E-state index contributed by atoms with van der Waals surface area (Å²) < 4.78 is 27.5. The first-order chi connectivity index (χ1) is 9.64. The van der Waals surface area contributed by atoms with Crippen LogP contribution < -0.4 is 9.88 Å². The maximum atomic E-state index is 11.1. The molecule has 2 N–H and O–H groups in total. The fourth-order valence-corrected chi connectivity index (χ4v) is 2.90. The first kappa shape index (κ1) is 18.0. The van der Waals surface area contributed by atoms with Crippen LogP contribution in [-0.4, -0.2) is 25.7 Å². The molecule has 0 saturated carbocycles. The average molecular weight is 357 g/mol. The molecule has 118 valence electrons. The quantitative estimate of drug-likeness (QED) is 0.595. The number of halogens is 2. The molecule has 0 aliphatic carbocycles. The number of primary sulfonamides is 1. The molecule has 0 bridgehead atoms. The van der Waals surface area contributed by atoms with E-state index in [2.05, 4.69) is 0 Å². The Kier molecular flexibility index (Phi) is 6.21. The Balaban J connectivity index is 2.92. The second kappa shape index (κ2) is 7.26. The number of hydrogen-bond acceptors (Lipinski definition) is 5. The molecular formula is C11H14Cl2N2O5S. The zero-order valence-electron chi connectivity index (χ0n) is 11.1. The van der Waals surface area contributed by atoms with Gasteiger partial charge in [-0.25, -0.2) is 13.6 Å². The molecular weight excluding hydrogens is 343 g/mol. The molecule has 0 radical (unpaired) electrons. The zero-order chi connectivity index (χ0) is 16.2. The van der Waals surface area contributed by atoms with Gasteiger partial charge in [-0.15, -0.1) is 0 Å². The highest BCUT2D eigenvalue weighted by Crippen LogP contribution is 2.35. The second-order valence-electron chi connectivity index (χ2n) is 4.41. The number of nitrogens with two attached hydrogens (primary N) is 1. The summed E-state index contributed by atoms with van der Waals surface area (Å²) in [5.41, 5.74) is -0.338. The summed E-state index contributed by atoms with van der Waals surface area (Å²) in [6.45, 7) is 1.73. The van der Waals surface area contributed by atoms with Crippen molar-refractivity contribution < 1.29 is 18.1 Å². The van der Waals surface area contributed by atoms with Crippen molar-refractivity contribution in [3.05, 3.63) is 32.3 Å². The fourth-order valence-electron chi connectivity index (χ4n) is 1.60. The highest BCUT2D eigenvalue weighted by Gasteiger charge is 2.21. The zero-order valence-corrected chi connectivity index (χ0v) is 13.4. The lowest BCUT2D eigenvalue weighted by molar-refractivity contribution is -0.385. The van der Waals surface area contributed by atoms with E-state index in [1.165, 1.54) is 6.07 Å². The molecule has 1 rings (SSSR count). The lowest BCUT2D eigenvalue weighted by atomic mass is 10.1. The van der Waals surface area contributed by atoms with Crippen LogP contribution in [0.25, 0.3) is 0 Å². The van der Waals surface area contributed by atoms with Crippen molar-refractivity contribution in [1.82, 2.24) is 0 Å². The van der Waals surface area contributed by atoms with Gasteiger partial charge in [-0.05, 0) is 6.42 Å². The number of nitrogens with zero attached hydrogens (tertiary/aromatic N) is 1. The SMILES string of the molecule is CCC(COc1cc(Cl)c(Cl)cc1[N+](=O)[O-])CS(N)(=O)=O. The molecule has 1 aromatic rings. The van der Waals surface area contributed by atoms with Crippen molar-refractivity contribution in [3.8, 4) is 5.75 Å². The average Bonchev–Trinajstić information content (AvgIpc) is 2.36. The van der Waals surface area contributed by atoms with Crippen LogP contribution in [-0.2, 0) is 10.0 Å². The van der Waals surface area contributed by atoms with Crippen LogP contribution in [0.1, 0.15) is 13.3 Å². The van der Waals surface area contributed by atoms with Gasteiger partial charge in [0.25, 0.3) is 0 Å². The molecule has 10 heteroatoms. The third-order valence-corrected chi connectivity index (χ3v) is 4.38. The Hall–Kier alpha value is -1.09. The summed E-state index contributed by atoms with van der Waals surface area (Å²) in [6, 6.07) is 2.31. The van der Waals surface area contributed by atoms with Gasteiger partial charge in [0.15, 0.2) is 5.75 Å². The molecule has 1 aromatic carbocycles. The van der Waals surface area contributed by atoms with E-state index in [9.17, 15) is 18.5 Å². The van der Waals surface area contributed by atoms with Gasteiger partial charge in [-0.1, -0.05) is 30.1 Å². The molecule has 0 spiro atoms. The maximum absolute atomic E-state index is 11.1. The van der Waals surface area contributed by atoms with Crippen LogP contribution in [0.5, 0.6) is 5.75 Å². The number of nitro benzene ring substituents is 1. The van der Waals surface area contributed by atoms with Crippen molar-refractivity contribution >= 4 is 38.9 Å². The lowest BCUT2D eigenvalue weighted by Gasteiger charge is -2.15. The Morgan fingerprint density at radius 2 is 1.95 bits per heavy atom. The molecule has 0 heterocycles. The largest absolute Gasteiger partial charge is 0.486 e. The highest BCUT2D eigenvalue weighted by atomic mass is 35.5. The van der Waals surface area contributed by atoms with E-state index in [0.29, 0.717) is 6.42 Å². The predicted octanol–water partition coefficient (Wildman–Crippen LogP) is 2.60. The van der Waals surface area contributed by atoms with Gasteiger partial charge in [-0.2, -0.15) is 0 Å². The Labute approximate surface area is 132 Å². The van der Waals surface area contributed by atoms with Crippen molar-refractivity contribution in [3.63, 3.8) is 0 Å². The standard InChI is InChI=1S/C11H14Cl2N2O5S/c1-2-7(6-21(14,18)19)5-20-11-4-9(13)8(12)3-10(11)15(16)17/h3-4,7H,2,5-6H2,1H3,(H2,14,18,19). The van der Waals surface area contributed by atoms with Crippen LogP contribution in [0.3, 0.4) is 0 Å². The van der Waals surface area contributed by atoms with Crippen molar-refractivity contribution in [1.29, 1.82) is 0 Å². The normalized spacial score (nSPS) is 13.0. The van der Waals surface area contributed by atoms with Gasteiger partial charge < -0.3 is 4.74 Å². The summed E-state index contributed by atoms with van der Waals surface area (Å²) in [6.07, 6.45) is 0.492. The topological polar surface area (TPSA) is 113 Å². The third-order valence-electron chi connectivity index (χ3n) is 2.72. The van der Waals surface area contributed by atoms with E-state index in [1.54, 1.807) is 6.92 Å². The summed E-state index contributed by atoms with van der Waals surface area (Å²) in [4.78, 5) is 10.3. The van der Waals surface area contributed by atoms with Crippen molar-refractivity contribution in [2.75, 3.05) is 12.4 Å². The summed E-state index contributed by atoms with van der Waals surface area (Å²) >= 11 is 11.5. The Morgan fingerprint density at radius 1 is 1.38 bits per heavy atom. The molecule has 0 fully saturated rings. The van der Waals surface area contributed by atoms with Crippen LogP contribution >= 0.6 is 23.2 Å². The van der Waals surface area contributed by atoms with Crippen LogP contribution in [0.2, 0.25) is 10.0 Å². The maximum Gasteiger partial charge on any atom is 0.312 e. The smallest absolute Gasteiger partial charge is 0.312 e. The molecule has 0 amide bonds. The number of rotatable bonds is 7. The van der Waals surface area contributed by atoms with E-state index in [4.69, 9.17) is 33.1 Å². The van der Waals surface area contributed by atoms with Gasteiger partial charge in [-0.3, -0.25) is 10.1 Å². The molecule has 0 aliphatic heterocycles. The summed E-state index contributed by atoms with van der Waals surface area (Å²) in [5, 5.41) is 16.1. The number of hydrogen-bond donors (Lipinski definition) is 1. The number of nitro groups is 1. The van der Waals surface area contributed by atoms with Crippen LogP contribution in [0.4, 0.5) is 5.69 Å². The van der Waals surface area contributed by atoms with Gasteiger partial charge in [0, 0.05) is 18.1 Å². The monoisotopic (exact) mass is 356 g/mol. The van der Waals surface area contributed by atoms with Crippen LogP contribution in [0, 0.1) is 16.0 Å². The van der Waals surface area contributed by atoms with E-state index >= 15 is 0 Å². The van der Waals surface area contributed by atoms with E-state index < -0.39 is 14.9 Å². The first-order valence-electron chi connectivity index (χ1n) is 5.90. The molecule has 21 heavy (non-hydrogen) atoms. The number of benzene rings is 1. The minimum atomic E-state index is -3.64. The summed E-state index contributed by atoms with van der Waals surface area (Å²) in [5.74, 6) is -0.713. The molecule has 0 saturated heterocycles. The molecule has 7 nitrogen and oxygen atoms in total. The molecule has 1 atom stereocenters. The van der Waals surface area contributed by atoms with Gasteiger partial charge in [0.05, 0.1) is 27.3 Å². The molecule has 1 unspecified atom stereocenters. The van der Waals surface area contributed by atoms with Gasteiger partial charge in [0.2, 0.25) is 10.0 Å². The minimum absolute atomic E-state index is 0.0345.